The molecule has 1 aromatic heterocycles. The first-order valence-electron chi connectivity index (χ1n) is 4.40. The van der Waals surface area contributed by atoms with Crippen LogP contribution in [0.25, 0.3) is 0 Å². The average molecular weight is 195 g/mol. The maximum Gasteiger partial charge on any atom is 0.244 e. The van der Waals surface area contributed by atoms with E-state index >= 15 is 0 Å². The Bertz CT molecular complexity index is 368. The van der Waals surface area contributed by atoms with Crippen LogP contribution in [-0.4, -0.2) is 15.6 Å². The molecular weight excluding hydrogens is 182 g/mol. The summed E-state index contributed by atoms with van der Waals surface area (Å²) in [6, 6.07) is 1.74. The van der Waals surface area contributed by atoms with Gasteiger partial charge in [-0.2, -0.15) is 5.10 Å². The molecule has 0 aliphatic carbocycles. The van der Waals surface area contributed by atoms with Crippen LogP contribution in [0.3, 0.4) is 0 Å². The Labute approximate surface area is 82.1 Å². The molecule has 1 aliphatic rings. The molecule has 2 heterocycles. The van der Waals surface area contributed by atoms with Crippen LogP contribution in [0.5, 0.6) is 0 Å². The largest absolute Gasteiger partial charge is 0.457 e. The highest BCUT2D eigenvalue weighted by Gasteiger charge is 2.27. The molecule has 0 saturated carbocycles. The molecule has 0 bridgehead atoms. The minimum Gasteiger partial charge on any atom is -0.457 e. The van der Waals surface area contributed by atoms with Gasteiger partial charge in [0.1, 0.15) is 18.6 Å². The van der Waals surface area contributed by atoms with Gasteiger partial charge in [-0.25, -0.2) is 0 Å². The van der Waals surface area contributed by atoms with E-state index in [4.69, 9.17) is 15.2 Å². The monoisotopic (exact) mass is 195 g/mol. The van der Waals surface area contributed by atoms with Crippen molar-refractivity contribution in [2.45, 2.75) is 26.2 Å². The molecule has 1 aromatic rings. The molecule has 0 aromatic carbocycles. The highest BCUT2D eigenvalue weighted by molar-refractivity contribution is 5.24. The van der Waals surface area contributed by atoms with Crippen molar-refractivity contribution in [1.29, 1.82) is 0 Å². The molecule has 5 nitrogen and oxygen atoms in total. The Morgan fingerprint density at radius 1 is 1.57 bits per heavy atom. The first kappa shape index (κ1) is 8.93. The number of ether oxygens (including phenoxy) is 2. The van der Waals surface area contributed by atoms with Crippen molar-refractivity contribution in [2.75, 3.05) is 5.73 Å². The van der Waals surface area contributed by atoms with Gasteiger partial charge in [-0.15, -0.1) is 0 Å². The average Bonchev–Trinajstić information content (AvgIpc) is 2.59. The lowest BCUT2D eigenvalue weighted by molar-refractivity contribution is -0.118. The second-order valence-electron chi connectivity index (χ2n) is 3.64. The van der Waals surface area contributed by atoms with E-state index in [0.29, 0.717) is 12.4 Å². The molecule has 0 spiro atoms. The summed E-state index contributed by atoms with van der Waals surface area (Å²) in [5, 5.41) is 4.04. The molecule has 0 radical (unpaired) electrons. The topological polar surface area (TPSA) is 62.3 Å². The fraction of sp³-hybridized carbons (Fsp3) is 0.444. The number of nitrogens with two attached hydrogens (primary N) is 1. The van der Waals surface area contributed by atoms with Gasteiger partial charge in [0, 0.05) is 20.0 Å². The van der Waals surface area contributed by atoms with Crippen LogP contribution in [-0.2, 0) is 16.0 Å². The number of nitrogen functional groups attached to an aromatic ring is 1. The van der Waals surface area contributed by atoms with Gasteiger partial charge in [0.2, 0.25) is 5.79 Å². The van der Waals surface area contributed by atoms with E-state index in [-0.39, 0.29) is 0 Å². The molecule has 2 N–H and O–H groups in total. The van der Waals surface area contributed by atoms with Crippen LogP contribution in [0.1, 0.15) is 13.8 Å². The zero-order valence-electron chi connectivity index (χ0n) is 8.23. The number of nitrogens with zero attached hydrogens (tertiary/aromatic N) is 2. The number of allylic oxidation sites excluding steroid dienone is 1. The molecule has 0 fully saturated rings. The van der Waals surface area contributed by atoms with Crippen molar-refractivity contribution in [3.63, 3.8) is 0 Å². The summed E-state index contributed by atoms with van der Waals surface area (Å²) in [4.78, 5) is 0. The van der Waals surface area contributed by atoms with Crippen molar-refractivity contribution in [3.05, 3.63) is 24.3 Å². The fourth-order valence-corrected chi connectivity index (χ4v) is 1.27. The predicted octanol–water partition coefficient (Wildman–Crippen LogP) is 1.09. The van der Waals surface area contributed by atoms with Gasteiger partial charge in [-0.3, -0.25) is 4.68 Å². The van der Waals surface area contributed by atoms with E-state index in [1.54, 1.807) is 23.2 Å². The van der Waals surface area contributed by atoms with Gasteiger partial charge in [0.25, 0.3) is 0 Å². The number of rotatable bonds is 2. The molecule has 14 heavy (non-hydrogen) atoms. The number of hydrogen-bond acceptors (Lipinski definition) is 4. The van der Waals surface area contributed by atoms with Crippen LogP contribution in [0.15, 0.2) is 24.3 Å². The van der Waals surface area contributed by atoms with Gasteiger partial charge >= 0.3 is 0 Å². The van der Waals surface area contributed by atoms with Gasteiger partial charge < -0.3 is 15.2 Å². The third-order valence-electron chi connectivity index (χ3n) is 1.83. The normalized spacial score (nSPS) is 18.6. The standard InChI is InChI=1S/C9H13N3O2/c1-9(2)13-6-7(14-9)5-12-4-3-8(10)11-12/h3-4,6H,5H2,1-2H3,(H2,10,11). The summed E-state index contributed by atoms with van der Waals surface area (Å²) in [6.07, 6.45) is 3.41. The Hall–Kier alpha value is -1.65. The summed E-state index contributed by atoms with van der Waals surface area (Å²) < 4.78 is 12.5. The van der Waals surface area contributed by atoms with E-state index in [0.717, 1.165) is 5.76 Å². The van der Waals surface area contributed by atoms with Crippen molar-refractivity contribution in [2.24, 2.45) is 0 Å². The molecule has 1 aliphatic heterocycles. The lowest BCUT2D eigenvalue weighted by Crippen LogP contribution is -2.21. The van der Waals surface area contributed by atoms with Gasteiger partial charge in [0.15, 0.2) is 5.76 Å². The quantitative estimate of drug-likeness (QED) is 0.767. The first-order chi connectivity index (χ1) is 6.55. The summed E-state index contributed by atoms with van der Waals surface area (Å²) >= 11 is 0. The molecule has 0 unspecified atom stereocenters. The number of anilines is 1. The lowest BCUT2D eigenvalue weighted by Gasteiger charge is -2.18. The SMILES string of the molecule is CC1(C)OC=C(Cn2ccc(N)n2)O1. The maximum absolute atomic E-state index is 5.50. The molecule has 0 saturated heterocycles. The fourth-order valence-electron chi connectivity index (χ4n) is 1.27. The van der Waals surface area contributed by atoms with Crippen LogP contribution < -0.4 is 5.73 Å². The summed E-state index contributed by atoms with van der Waals surface area (Å²) in [6.45, 7) is 4.25. The van der Waals surface area contributed by atoms with Crippen molar-refractivity contribution in [3.8, 4) is 0 Å². The summed E-state index contributed by atoms with van der Waals surface area (Å²) in [5.74, 6) is 0.690. The second-order valence-corrected chi connectivity index (χ2v) is 3.64. The summed E-state index contributed by atoms with van der Waals surface area (Å²) in [5.41, 5.74) is 5.48. The van der Waals surface area contributed by atoms with E-state index in [2.05, 4.69) is 5.10 Å². The van der Waals surface area contributed by atoms with Crippen LogP contribution in [0.2, 0.25) is 0 Å². The van der Waals surface area contributed by atoms with Crippen LogP contribution in [0, 0.1) is 0 Å². The Kier molecular flexibility index (Phi) is 1.87. The molecular formula is C9H13N3O2. The molecule has 0 amide bonds. The number of hydrogen-bond donors (Lipinski definition) is 1. The smallest absolute Gasteiger partial charge is 0.244 e. The van der Waals surface area contributed by atoms with Crippen molar-refractivity contribution in [1.82, 2.24) is 9.78 Å². The summed E-state index contributed by atoms with van der Waals surface area (Å²) in [7, 11) is 0. The lowest BCUT2D eigenvalue weighted by atomic mass is 10.4. The van der Waals surface area contributed by atoms with E-state index in [1.807, 2.05) is 13.8 Å². The zero-order valence-corrected chi connectivity index (χ0v) is 8.23. The van der Waals surface area contributed by atoms with E-state index in [9.17, 15) is 0 Å². The van der Waals surface area contributed by atoms with Crippen molar-refractivity contribution >= 4 is 5.82 Å². The third-order valence-corrected chi connectivity index (χ3v) is 1.83. The highest BCUT2D eigenvalue weighted by atomic mass is 16.7. The molecule has 76 valence electrons. The molecule has 0 atom stereocenters. The van der Waals surface area contributed by atoms with Gasteiger partial charge in [-0.05, 0) is 6.07 Å². The van der Waals surface area contributed by atoms with Crippen LogP contribution >= 0.6 is 0 Å². The molecule has 2 rings (SSSR count). The third kappa shape index (κ3) is 1.81. The van der Waals surface area contributed by atoms with Gasteiger partial charge in [-0.1, -0.05) is 0 Å². The first-order valence-corrected chi connectivity index (χ1v) is 4.40. The van der Waals surface area contributed by atoms with Crippen molar-refractivity contribution < 1.29 is 9.47 Å². The number of aromatic nitrogens is 2. The zero-order chi connectivity index (χ0) is 10.2. The Morgan fingerprint density at radius 2 is 2.36 bits per heavy atom. The Morgan fingerprint density at radius 3 is 2.86 bits per heavy atom. The predicted molar refractivity (Wildman–Crippen MR) is 51.0 cm³/mol. The van der Waals surface area contributed by atoms with E-state index in [1.165, 1.54) is 0 Å². The Balaban J connectivity index is 2.00. The maximum atomic E-state index is 5.50. The minimum absolute atomic E-state index is 0.503. The molecule has 5 heteroatoms. The van der Waals surface area contributed by atoms with Crippen LogP contribution in [0.4, 0.5) is 5.82 Å². The second kappa shape index (κ2) is 2.94. The van der Waals surface area contributed by atoms with Gasteiger partial charge in [0.05, 0.1) is 0 Å². The highest BCUT2D eigenvalue weighted by Crippen LogP contribution is 2.24. The minimum atomic E-state index is -0.561. The van der Waals surface area contributed by atoms with E-state index < -0.39 is 5.79 Å².